The van der Waals surface area contributed by atoms with Crippen molar-refractivity contribution in [3.63, 3.8) is 0 Å². The summed E-state index contributed by atoms with van der Waals surface area (Å²) in [5.74, 6) is 0. The number of nitrogens with zero attached hydrogens (tertiary/aromatic N) is 1. The van der Waals surface area contributed by atoms with Crippen molar-refractivity contribution in [3.8, 4) is 0 Å². The van der Waals surface area contributed by atoms with E-state index in [0.29, 0.717) is 13.2 Å². The molecular weight excluding hydrogens is 281 g/mol. The summed E-state index contributed by atoms with van der Waals surface area (Å²) in [6.07, 6.45) is 1.69. The first-order chi connectivity index (χ1) is 7.36. The fraction of sp³-hybridized carbons (Fsp3) is 0.667. The van der Waals surface area contributed by atoms with E-state index in [4.69, 9.17) is 26.4 Å². The summed E-state index contributed by atoms with van der Waals surface area (Å²) in [6, 6.07) is 0. The minimum atomic E-state index is 0.0765. The maximum absolute atomic E-state index is 5.46. The second kappa shape index (κ2) is 5.70. The molecule has 2 aliphatic rings. The van der Waals surface area contributed by atoms with Crippen LogP contribution in [0.15, 0.2) is 10.9 Å². The molecule has 2 aliphatic heterocycles. The summed E-state index contributed by atoms with van der Waals surface area (Å²) < 4.78 is 17.8. The molecule has 0 unspecified atom stereocenters. The predicted molar refractivity (Wildman–Crippen MR) is 60.7 cm³/mol. The van der Waals surface area contributed by atoms with E-state index in [0.717, 1.165) is 34.8 Å². The molecule has 4 nitrogen and oxygen atoms in total. The van der Waals surface area contributed by atoms with Crippen molar-refractivity contribution in [2.75, 3.05) is 39.5 Å². The summed E-state index contributed by atoms with van der Waals surface area (Å²) >= 11 is 5.45. The van der Waals surface area contributed by atoms with Gasteiger partial charge in [-0.3, -0.25) is 0 Å². The number of morpholine rings is 1. The van der Waals surface area contributed by atoms with Gasteiger partial charge in [-0.15, -0.1) is 0 Å². The molecular formula is C9H13NO3SSe. The number of rotatable bonds is 2. The zero-order chi connectivity index (χ0) is 10.5. The van der Waals surface area contributed by atoms with Crippen molar-refractivity contribution >= 4 is 31.1 Å². The van der Waals surface area contributed by atoms with Crippen LogP contribution in [0.25, 0.3) is 0 Å². The van der Waals surface area contributed by atoms with Gasteiger partial charge >= 0.3 is 101 Å². The van der Waals surface area contributed by atoms with Gasteiger partial charge in [0.05, 0.1) is 0 Å². The van der Waals surface area contributed by atoms with E-state index in [9.17, 15) is 0 Å². The normalized spacial score (nSPS) is 21.3. The molecule has 0 radical (unpaired) electrons. The zero-order valence-corrected chi connectivity index (χ0v) is 10.8. The van der Waals surface area contributed by atoms with Gasteiger partial charge in [-0.1, -0.05) is 0 Å². The molecule has 1 saturated heterocycles. The number of ether oxygens (including phenoxy) is 3. The molecule has 0 spiro atoms. The van der Waals surface area contributed by atoms with E-state index in [-0.39, 0.29) is 15.0 Å². The van der Waals surface area contributed by atoms with E-state index < -0.39 is 0 Å². The van der Waals surface area contributed by atoms with Crippen molar-refractivity contribution in [2.24, 2.45) is 0 Å². The van der Waals surface area contributed by atoms with Crippen LogP contribution in [-0.2, 0) is 14.2 Å². The molecule has 15 heavy (non-hydrogen) atoms. The second-order valence-corrected chi connectivity index (χ2v) is 6.18. The third-order valence-corrected chi connectivity index (χ3v) is 4.55. The van der Waals surface area contributed by atoms with Crippen LogP contribution in [0.3, 0.4) is 0 Å². The molecule has 0 saturated carbocycles. The van der Waals surface area contributed by atoms with Crippen molar-refractivity contribution in [2.45, 2.75) is 0 Å². The molecule has 0 atom stereocenters. The Morgan fingerprint density at radius 1 is 1.27 bits per heavy atom. The van der Waals surface area contributed by atoms with Crippen LogP contribution in [-0.4, -0.2) is 63.3 Å². The Morgan fingerprint density at radius 3 is 2.73 bits per heavy atom. The first-order valence-electron chi connectivity index (χ1n) is 4.85. The molecule has 0 bridgehead atoms. The van der Waals surface area contributed by atoms with Gasteiger partial charge in [-0.2, -0.15) is 0 Å². The van der Waals surface area contributed by atoms with E-state index in [1.54, 1.807) is 6.26 Å². The van der Waals surface area contributed by atoms with Gasteiger partial charge in [0, 0.05) is 0 Å². The first kappa shape index (κ1) is 11.2. The fourth-order valence-corrected chi connectivity index (χ4v) is 3.47. The summed E-state index contributed by atoms with van der Waals surface area (Å²) in [5, 5.41) is 0. The second-order valence-electron chi connectivity index (χ2n) is 3.12. The maximum atomic E-state index is 5.46. The topological polar surface area (TPSA) is 30.9 Å². The average Bonchev–Trinajstić information content (AvgIpc) is 2.31. The van der Waals surface area contributed by atoms with Crippen LogP contribution in [0.4, 0.5) is 0 Å². The van der Waals surface area contributed by atoms with Gasteiger partial charge in [0.15, 0.2) is 0 Å². The Labute approximate surface area is 101 Å². The zero-order valence-electron chi connectivity index (χ0n) is 8.31. The van der Waals surface area contributed by atoms with Crippen molar-refractivity contribution in [3.05, 3.63) is 10.9 Å². The fourth-order valence-electron chi connectivity index (χ4n) is 1.30. The molecule has 6 heteroatoms. The van der Waals surface area contributed by atoms with E-state index in [1.807, 2.05) is 0 Å². The van der Waals surface area contributed by atoms with Crippen LogP contribution < -0.4 is 0 Å². The van der Waals surface area contributed by atoms with Crippen LogP contribution in [0.1, 0.15) is 0 Å². The third-order valence-electron chi connectivity index (χ3n) is 2.08. The van der Waals surface area contributed by atoms with Gasteiger partial charge in [-0.05, 0) is 0 Å². The molecule has 0 N–H and O–H groups in total. The van der Waals surface area contributed by atoms with Gasteiger partial charge in [-0.25, -0.2) is 0 Å². The summed E-state index contributed by atoms with van der Waals surface area (Å²) in [7, 11) is 0. The summed E-state index contributed by atoms with van der Waals surface area (Å²) in [4.78, 5) is 2.19. The van der Waals surface area contributed by atoms with Crippen LogP contribution >= 0.6 is 12.2 Å². The van der Waals surface area contributed by atoms with E-state index in [2.05, 4.69) is 4.90 Å². The minimum absolute atomic E-state index is 0.0765. The van der Waals surface area contributed by atoms with Crippen molar-refractivity contribution in [1.29, 1.82) is 0 Å². The summed E-state index contributed by atoms with van der Waals surface area (Å²) in [5.41, 5.74) is 0. The van der Waals surface area contributed by atoms with E-state index in [1.165, 1.54) is 0 Å². The van der Waals surface area contributed by atoms with Gasteiger partial charge < -0.3 is 0 Å². The van der Waals surface area contributed by atoms with Crippen LogP contribution in [0, 0.1) is 0 Å². The Balaban J connectivity index is 1.82. The van der Waals surface area contributed by atoms with Crippen LogP contribution in [0.2, 0.25) is 0 Å². The molecule has 0 amide bonds. The summed E-state index contributed by atoms with van der Waals surface area (Å²) in [6.45, 7) is 4.62. The van der Waals surface area contributed by atoms with Crippen molar-refractivity contribution < 1.29 is 14.2 Å². The SMILES string of the molecule is S=C([Se]C1=COCCO1)N1CCOCC1. The third kappa shape index (κ3) is 3.34. The quantitative estimate of drug-likeness (QED) is 0.535. The Kier molecular flexibility index (Phi) is 4.26. The monoisotopic (exact) mass is 295 g/mol. The van der Waals surface area contributed by atoms with Gasteiger partial charge in [0.25, 0.3) is 0 Å². The number of hydrogen-bond donors (Lipinski definition) is 0. The van der Waals surface area contributed by atoms with E-state index >= 15 is 0 Å². The first-order valence-corrected chi connectivity index (χ1v) is 6.97. The molecule has 1 fully saturated rings. The molecule has 84 valence electrons. The number of hydrogen-bond acceptors (Lipinski definition) is 4. The Bertz CT molecular complexity index is 266. The average molecular weight is 294 g/mol. The molecule has 2 rings (SSSR count). The van der Waals surface area contributed by atoms with Crippen LogP contribution in [0.5, 0.6) is 0 Å². The Morgan fingerprint density at radius 2 is 2.07 bits per heavy atom. The standard InChI is InChI=1S/C9H13NO3SSe/c14-9(10-1-3-11-4-2-10)15-8-7-12-5-6-13-8/h7H,1-6H2. The van der Waals surface area contributed by atoms with Crippen molar-refractivity contribution in [1.82, 2.24) is 4.90 Å². The van der Waals surface area contributed by atoms with Gasteiger partial charge in [0.2, 0.25) is 0 Å². The Hall–Kier alpha value is -0.291. The molecule has 0 aromatic rings. The molecule has 0 aliphatic carbocycles. The predicted octanol–water partition coefficient (Wildman–Crippen LogP) is 0.153. The molecule has 0 aromatic carbocycles. The number of thiocarbonyl (C=S) groups is 1. The molecule has 2 heterocycles. The molecule has 0 aromatic heterocycles. The van der Waals surface area contributed by atoms with Gasteiger partial charge in [0.1, 0.15) is 0 Å².